The van der Waals surface area contributed by atoms with Gasteiger partial charge in [-0.05, 0) is 51.9 Å². The lowest BCUT2D eigenvalue weighted by atomic mass is 9.42. The molecule has 0 radical (unpaired) electrons. The third-order valence-electron chi connectivity index (χ3n) is 9.29. The average Bonchev–Trinajstić information content (AvgIpc) is 2.92. The first-order valence-electron chi connectivity index (χ1n) is 11.0. The molecular formula is C23H34O7. The van der Waals surface area contributed by atoms with Gasteiger partial charge >= 0.3 is 5.97 Å². The Bertz CT molecular complexity index is 805. The zero-order chi connectivity index (χ0) is 22.3. The summed E-state index contributed by atoms with van der Waals surface area (Å²) < 4.78 is 5.73. The van der Waals surface area contributed by atoms with Gasteiger partial charge in [-0.1, -0.05) is 18.6 Å². The molecule has 0 spiro atoms. The number of rotatable bonds is 2. The van der Waals surface area contributed by atoms with Crippen LogP contribution in [0.5, 0.6) is 0 Å². The molecule has 4 aliphatic rings. The van der Waals surface area contributed by atoms with Crippen LogP contribution < -0.4 is 0 Å². The van der Waals surface area contributed by atoms with Crippen molar-refractivity contribution in [3.63, 3.8) is 0 Å². The second-order valence-corrected chi connectivity index (χ2v) is 10.4. The molecule has 4 N–H and O–H groups in total. The number of ketones is 1. The Labute approximate surface area is 177 Å². The van der Waals surface area contributed by atoms with Gasteiger partial charge in [0.1, 0.15) is 17.5 Å². The number of carbonyl (C=O) groups excluding carboxylic acids is 2. The molecule has 9 unspecified atom stereocenters. The van der Waals surface area contributed by atoms with Gasteiger partial charge in [0.15, 0.2) is 0 Å². The largest absolute Gasteiger partial charge is 0.462 e. The second-order valence-electron chi connectivity index (χ2n) is 10.4. The van der Waals surface area contributed by atoms with Crippen molar-refractivity contribution in [2.24, 2.45) is 22.7 Å². The maximum Gasteiger partial charge on any atom is 0.302 e. The fourth-order valence-corrected chi connectivity index (χ4v) is 7.71. The SMILES string of the molecule is CC(=O)OC1CC2C3(C)C(=O)CC(O)C=C3CCC2(O)C2(O)CCC(C(C)O)C12C. The monoisotopic (exact) mass is 422 g/mol. The number of allylic oxidation sites excluding steroid dienone is 1. The molecule has 7 nitrogen and oxygen atoms in total. The molecule has 0 saturated heterocycles. The van der Waals surface area contributed by atoms with Crippen LogP contribution in [0.4, 0.5) is 0 Å². The van der Waals surface area contributed by atoms with E-state index in [1.807, 2.05) is 0 Å². The second kappa shape index (κ2) is 6.61. The van der Waals surface area contributed by atoms with Gasteiger partial charge in [-0.2, -0.15) is 0 Å². The molecule has 0 bridgehead atoms. The standard InChI is InChI=1S/C23H34O7/c1-12(24)16-6-8-23(29)21(16,4)19(30-13(2)25)11-17-20(3)14(5-7-22(17,23)28)9-15(26)10-18(20)27/h9,12,15-17,19,24,26,28-29H,5-8,10-11H2,1-4H3. The number of ether oxygens (including phenoxy) is 1. The van der Waals surface area contributed by atoms with E-state index in [0.717, 1.165) is 5.57 Å². The van der Waals surface area contributed by atoms with Crippen molar-refractivity contribution >= 4 is 11.8 Å². The maximum absolute atomic E-state index is 13.2. The topological polar surface area (TPSA) is 124 Å². The summed E-state index contributed by atoms with van der Waals surface area (Å²) in [4.78, 5) is 25.2. The van der Waals surface area contributed by atoms with Gasteiger partial charge in [0.05, 0.1) is 23.2 Å². The predicted octanol–water partition coefficient (Wildman–Crippen LogP) is 1.26. The lowest BCUT2D eigenvalue weighted by molar-refractivity contribution is -0.306. The summed E-state index contributed by atoms with van der Waals surface area (Å²) in [5.41, 5.74) is -4.47. The van der Waals surface area contributed by atoms with Crippen LogP contribution in [-0.4, -0.2) is 61.7 Å². The number of carbonyl (C=O) groups is 2. The van der Waals surface area contributed by atoms with Gasteiger partial charge < -0.3 is 25.2 Å². The highest BCUT2D eigenvalue weighted by atomic mass is 16.5. The molecule has 7 heteroatoms. The highest BCUT2D eigenvalue weighted by Gasteiger charge is 2.78. The first-order chi connectivity index (χ1) is 13.8. The highest BCUT2D eigenvalue weighted by Crippen LogP contribution is 2.70. The van der Waals surface area contributed by atoms with Gasteiger partial charge in [-0.15, -0.1) is 0 Å². The van der Waals surface area contributed by atoms with Crippen LogP contribution in [0.1, 0.15) is 66.2 Å². The van der Waals surface area contributed by atoms with Gasteiger partial charge in [0.2, 0.25) is 0 Å². The fourth-order valence-electron chi connectivity index (χ4n) is 7.71. The summed E-state index contributed by atoms with van der Waals surface area (Å²) in [5.74, 6) is -1.66. The summed E-state index contributed by atoms with van der Waals surface area (Å²) in [6.07, 6.45) is 0.981. The molecule has 0 aromatic carbocycles. The summed E-state index contributed by atoms with van der Waals surface area (Å²) in [7, 11) is 0. The van der Waals surface area contributed by atoms with Crippen molar-refractivity contribution in [2.45, 2.75) is 95.7 Å². The van der Waals surface area contributed by atoms with Crippen molar-refractivity contribution in [2.75, 3.05) is 0 Å². The number of hydrogen-bond donors (Lipinski definition) is 4. The zero-order valence-corrected chi connectivity index (χ0v) is 18.2. The first-order valence-corrected chi connectivity index (χ1v) is 11.0. The third-order valence-corrected chi connectivity index (χ3v) is 9.29. The Morgan fingerprint density at radius 3 is 2.53 bits per heavy atom. The predicted molar refractivity (Wildman–Crippen MR) is 107 cm³/mol. The lowest BCUT2D eigenvalue weighted by Gasteiger charge is -2.66. The molecule has 3 saturated carbocycles. The summed E-state index contributed by atoms with van der Waals surface area (Å²) >= 11 is 0. The number of Topliss-reactive ketones (excluding diaryl/α,β-unsaturated/α-hetero) is 1. The normalized spacial score (nSPS) is 51.3. The molecule has 0 aromatic rings. The van der Waals surface area contributed by atoms with E-state index in [9.17, 15) is 30.0 Å². The molecule has 0 heterocycles. The van der Waals surface area contributed by atoms with E-state index >= 15 is 0 Å². The van der Waals surface area contributed by atoms with Gasteiger partial charge in [0.25, 0.3) is 0 Å². The summed E-state index contributed by atoms with van der Waals surface area (Å²) in [6.45, 7) is 6.57. The van der Waals surface area contributed by atoms with Gasteiger partial charge in [-0.3, -0.25) is 9.59 Å². The number of fused-ring (bicyclic) bond motifs is 5. The van der Waals surface area contributed by atoms with E-state index in [-0.39, 0.29) is 37.4 Å². The van der Waals surface area contributed by atoms with Gasteiger partial charge in [-0.25, -0.2) is 0 Å². The molecular weight excluding hydrogens is 388 g/mol. The van der Waals surface area contributed by atoms with E-state index in [1.54, 1.807) is 26.8 Å². The lowest BCUT2D eigenvalue weighted by Crippen LogP contribution is -2.76. The molecule has 0 aromatic heterocycles. The van der Waals surface area contributed by atoms with Crippen LogP contribution in [-0.2, 0) is 14.3 Å². The Hall–Kier alpha value is -1.28. The Balaban J connectivity index is 1.89. The van der Waals surface area contributed by atoms with E-state index in [4.69, 9.17) is 4.74 Å². The summed E-state index contributed by atoms with van der Waals surface area (Å²) in [5, 5.41) is 44.8. The minimum Gasteiger partial charge on any atom is -0.462 e. The van der Waals surface area contributed by atoms with E-state index < -0.39 is 52.2 Å². The molecule has 9 atom stereocenters. The minimum atomic E-state index is -1.62. The third kappa shape index (κ3) is 2.46. The highest BCUT2D eigenvalue weighted by molar-refractivity contribution is 5.90. The molecule has 3 fully saturated rings. The number of aliphatic hydroxyl groups excluding tert-OH is 2. The smallest absolute Gasteiger partial charge is 0.302 e. The van der Waals surface area contributed by atoms with Gasteiger partial charge in [0, 0.05) is 24.7 Å². The molecule has 0 amide bonds. The van der Waals surface area contributed by atoms with Crippen LogP contribution >= 0.6 is 0 Å². The van der Waals surface area contributed by atoms with E-state index in [1.165, 1.54) is 6.92 Å². The number of hydrogen-bond acceptors (Lipinski definition) is 7. The Kier molecular flexibility index (Phi) is 4.83. The average molecular weight is 423 g/mol. The van der Waals surface area contributed by atoms with Crippen molar-refractivity contribution in [3.05, 3.63) is 11.6 Å². The fraction of sp³-hybridized carbons (Fsp3) is 0.826. The quantitative estimate of drug-likeness (QED) is 0.390. The molecule has 4 rings (SSSR count). The first kappa shape index (κ1) is 21.9. The number of aliphatic hydroxyl groups is 4. The van der Waals surface area contributed by atoms with E-state index in [2.05, 4.69) is 0 Å². The number of esters is 1. The molecule has 0 aliphatic heterocycles. The van der Waals surface area contributed by atoms with Crippen molar-refractivity contribution in [3.8, 4) is 0 Å². The molecule has 168 valence electrons. The summed E-state index contributed by atoms with van der Waals surface area (Å²) in [6, 6.07) is 0. The Morgan fingerprint density at radius 2 is 1.93 bits per heavy atom. The van der Waals surface area contributed by atoms with Crippen LogP contribution in [0.15, 0.2) is 11.6 Å². The van der Waals surface area contributed by atoms with Crippen LogP contribution in [0, 0.1) is 22.7 Å². The van der Waals surface area contributed by atoms with Crippen molar-refractivity contribution in [1.29, 1.82) is 0 Å². The molecule has 30 heavy (non-hydrogen) atoms. The molecule has 4 aliphatic carbocycles. The zero-order valence-electron chi connectivity index (χ0n) is 18.2. The van der Waals surface area contributed by atoms with E-state index in [0.29, 0.717) is 12.8 Å². The minimum absolute atomic E-state index is 0.0309. The maximum atomic E-state index is 13.2. The van der Waals surface area contributed by atoms with Crippen LogP contribution in [0.25, 0.3) is 0 Å². The van der Waals surface area contributed by atoms with Crippen LogP contribution in [0.3, 0.4) is 0 Å². The van der Waals surface area contributed by atoms with Crippen molar-refractivity contribution < 1.29 is 34.8 Å². The van der Waals surface area contributed by atoms with Crippen LogP contribution in [0.2, 0.25) is 0 Å². The Morgan fingerprint density at radius 1 is 1.27 bits per heavy atom. The van der Waals surface area contributed by atoms with Crippen molar-refractivity contribution in [1.82, 2.24) is 0 Å².